The molecule has 13 heteroatoms. The number of carbonyl (C=O) groups excluding carboxylic acids is 1. The number of nitrogens with one attached hydrogen (secondary N) is 1. The van der Waals surface area contributed by atoms with E-state index in [1.807, 2.05) is 25.1 Å². The third-order valence-electron chi connectivity index (χ3n) is 7.04. The van der Waals surface area contributed by atoms with Crippen LogP contribution in [0.2, 0.25) is 0 Å². The van der Waals surface area contributed by atoms with Crippen LogP contribution in [0.4, 0.5) is 5.69 Å². The van der Waals surface area contributed by atoms with Gasteiger partial charge in [0.15, 0.2) is 0 Å². The number of rotatable bonds is 9. The van der Waals surface area contributed by atoms with Crippen molar-refractivity contribution in [3.05, 3.63) is 40.4 Å². The van der Waals surface area contributed by atoms with E-state index in [1.54, 1.807) is 13.0 Å². The standard InChI is InChI=1S/C22H31N5O6S2/c1-11-18-17(12(2)28)21(29)27(18)19(22(30)31)20(11)34-15-7-14(8-25-35(24,32)33)26(10-15)9-13-5-3-4-6-16(13)23/h3-6,11-12,14-15,17-18,25,28H,7-10,23H2,1-2H3,(H,30,31)(H2,24,32,33)/t11-,12-,14+,15+,17-,18-/m1/s1. The molecule has 2 fully saturated rings. The Bertz CT molecular complexity index is 1160. The maximum absolute atomic E-state index is 12.6. The average molecular weight is 526 g/mol. The van der Waals surface area contributed by atoms with Gasteiger partial charge >= 0.3 is 5.97 Å². The number of aliphatic hydroxyl groups is 1. The number of nitrogens with zero attached hydrogens (tertiary/aromatic N) is 2. The number of aliphatic carboxylic acids is 1. The summed E-state index contributed by atoms with van der Waals surface area (Å²) in [6.45, 7) is 4.61. The third-order valence-corrected chi connectivity index (χ3v) is 9.11. The fraction of sp³-hybridized carbons (Fsp3) is 0.545. The molecule has 3 aliphatic heterocycles. The van der Waals surface area contributed by atoms with E-state index in [0.717, 1.165) is 5.56 Å². The highest BCUT2D eigenvalue weighted by atomic mass is 32.2. The number of fused-ring (bicyclic) bond motifs is 1. The second-order valence-electron chi connectivity index (χ2n) is 9.42. The summed E-state index contributed by atoms with van der Waals surface area (Å²) in [6, 6.07) is 6.89. The van der Waals surface area contributed by atoms with Crippen LogP contribution in [0.15, 0.2) is 34.9 Å². The van der Waals surface area contributed by atoms with Crippen LogP contribution in [0.3, 0.4) is 0 Å². The van der Waals surface area contributed by atoms with Crippen molar-refractivity contribution in [2.45, 2.75) is 50.3 Å². The van der Waals surface area contributed by atoms with Crippen molar-refractivity contribution in [3.63, 3.8) is 0 Å². The number of anilines is 1. The molecule has 4 rings (SSSR count). The highest BCUT2D eigenvalue weighted by Gasteiger charge is 2.60. The van der Waals surface area contributed by atoms with Gasteiger partial charge in [-0.2, -0.15) is 8.42 Å². The number of hydrogen-bond acceptors (Lipinski definition) is 8. The lowest BCUT2D eigenvalue weighted by atomic mass is 9.79. The van der Waals surface area contributed by atoms with E-state index in [1.165, 1.54) is 16.7 Å². The van der Waals surface area contributed by atoms with Gasteiger partial charge < -0.3 is 20.8 Å². The Morgan fingerprint density at radius 1 is 1.34 bits per heavy atom. The molecule has 1 aromatic rings. The Kier molecular flexibility index (Phi) is 7.19. The second-order valence-corrected chi connectivity index (χ2v) is 12.1. The molecule has 192 valence electrons. The molecular formula is C22H31N5O6S2. The Morgan fingerprint density at radius 3 is 2.63 bits per heavy atom. The third kappa shape index (κ3) is 5.06. The topological polar surface area (TPSA) is 179 Å². The van der Waals surface area contributed by atoms with Gasteiger partial charge in [-0.1, -0.05) is 25.1 Å². The number of hydrogen-bond donors (Lipinski definition) is 5. The van der Waals surface area contributed by atoms with Crippen molar-refractivity contribution in [2.24, 2.45) is 17.0 Å². The number of benzene rings is 1. The number of thioether (sulfide) groups is 1. The molecule has 0 aliphatic carbocycles. The molecule has 1 amide bonds. The zero-order valence-corrected chi connectivity index (χ0v) is 21.1. The second kappa shape index (κ2) is 9.71. The first-order chi connectivity index (χ1) is 16.4. The maximum Gasteiger partial charge on any atom is 0.353 e. The molecule has 1 aromatic carbocycles. The number of nitrogens with two attached hydrogens (primary N) is 2. The summed E-state index contributed by atoms with van der Waals surface area (Å²) in [7, 11) is -3.87. The summed E-state index contributed by atoms with van der Waals surface area (Å²) < 4.78 is 25.4. The minimum Gasteiger partial charge on any atom is -0.477 e. The quantitative estimate of drug-likeness (QED) is 0.217. The molecule has 3 aliphatic rings. The molecule has 6 atom stereocenters. The van der Waals surface area contributed by atoms with Gasteiger partial charge in [-0.25, -0.2) is 14.7 Å². The molecule has 0 radical (unpaired) electrons. The monoisotopic (exact) mass is 525 g/mol. The Hall–Kier alpha value is -2.16. The smallest absolute Gasteiger partial charge is 0.353 e. The number of carboxylic acids is 1. The van der Waals surface area contributed by atoms with Gasteiger partial charge in [-0.15, -0.1) is 11.8 Å². The zero-order valence-electron chi connectivity index (χ0n) is 19.5. The van der Waals surface area contributed by atoms with Crippen molar-refractivity contribution in [1.82, 2.24) is 14.5 Å². The summed E-state index contributed by atoms with van der Waals surface area (Å²) in [5.74, 6) is -2.39. The van der Waals surface area contributed by atoms with E-state index in [-0.39, 0.29) is 41.4 Å². The van der Waals surface area contributed by atoms with Crippen LogP contribution in [0.25, 0.3) is 0 Å². The minimum atomic E-state index is -3.87. The average Bonchev–Trinajstić information content (AvgIpc) is 3.24. The molecule has 11 nitrogen and oxygen atoms in total. The van der Waals surface area contributed by atoms with Crippen LogP contribution in [-0.2, 0) is 26.3 Å². The van der Waals surface area contributed by atoms with Gasteiger partial charge in [0.25, 0.3) is 10.2 Å². The van der Waals surface area contributed by atoms with E-state index in [4.69, 9.17) is 10.9 Å². The number of β-lactam (4-membered cyclic amide) rings is 1. The minimum absolute atomic E-state index is 0.0145. The first-order valence-electron chi connectivity index (χ1n) is 11.4. The molecule has 35 heavy (non-hydrogen) atoms. The van der Waals surface area contributed by atoms with Crippen LogP contribution < -0.4 is 15.6 Å². The number of amides is 1. The highest BCUT2D eigenvalue weighted by molar-refractivity contribution is 8.03. The van der Waals surface area contributed by atoms with Crippen molar-refractivity contribution < 1.29 is 28.2 Å². The molecular weight excluding hydrogens is 494 g/mol. The summed E-state index contributed by atoms with van der Waals surface area (Å²) >= 11 is 1.42. The molecule has 3 heterocycles. The summed E-state index contributed by atoms with van der Waals surface area (Å²) in [4.78, 5) is 28.8. The van der Waals surface area contributed by atoms with Crippen molar-refractivity contribution >= 4 is 39.5 Å². The highest BCUT2D eigenvalue weighted by Crippen LogP contribution is 2.52. The van der Waals surface area contributed by atoms with E-state index >= 15 is 0 Å². The van der Waals surface area contributed by atoms with Gasteiger partial charge in [0.05, 0.1) is 18.1 Å². The van der Waals surface area contributed by atoms with Crippen molar-refractivity contribution in [2.75, 3.05) is 18.8 Å². The van der Waals surface area contributed by atoms with Gasteiger partial charge in [0.2, 0.25) is 5.91 Å². The predicted octanol–water partition coefficient (Wildman–Crippen LogP) is -0.108. The summed E-state index contributed by atoms with van der Waals surface area (Å²) in [5, 5.41) is 25.1. The van der Waals surface area contributed by atoms with Crippen LogP contribution in [0.1, 0.15) is 25.8 Å². The van der Waals surface area contributed by atoms with E-state index in [0.29, 0.717) is 30.1 Å². The van der Waals surface area contributed by atoms with Gasteiger partial charge in [-0.05, 0) is 25.0 Å². The number of aliphatic hydroxyl groups excluding tert-OH is 1. The first kappa shape index (κ1) is 25.9. The molecule has 0 bridgehead atoms. The van der Waals surface area contributed by atoms with Crippen molar-refractivity contribution in [1.29, 1.82) is 0 Å². The molecule has 7 N–H and O–H groups in total. The summed E-state index contributed by atoms with van der Waals surface area (Å²) in [6.07, 6.45) is -0.279. The Labute approximate surface area is 208 Å². The zero-order chi connectivity index (χ0) is 25.7. The molecule has 0 spiro atoms. The number of para-hydroxylation sites is 1. The van der Waals surface area contributed by atoms with Crippen LogP contribution >= 0.6 is 11.8 Å². The predicted molar refractivity (Wildman–Crippen MR) is 132 cm³/mol. The first-order valence-corrected chi connectivity index (χ1v) is 13.8. The number of carbonyl (C=O) groups is 2. The fourth-order valence-electron chi connectivity index (χ4n) is 5.40. The Morgan fingerprint density at radius 2 is 2.03 bits per heavy atom. The van der Waals surface area contributed by atoms with Crippen LogP contribution in [0.5, 0.6) is 0 Å². The summed E-state index contributed by atoms with van der Waals surface area (Å²) in [5.41, 5.74) is 7.65. The lowest BCUT2D eigenvalue weighted by molar-refractivity contribution is -0.163. The van der Waals surface area contributed by atoms with E-state index in [2.05, 4.69) is 9.62 Å². The number of nitrogen functional groups attached to an aromatic ring is 1. The fourth-order valence-corrected chi connectivity index (χ4v) is 7.42. The van der Waals surface area contributed by atoms with Crippen molar-refractivity contribution in [3.8, 4) is 0 Å². The van der Waals surface area contributed by atoms with Gasteiger partial charge in [-0.3, -0.25) is 9.69 Å². The Balaban J connectivity index is 1.56. The largest absolute Gasteiger partial charge is 0.477 e. The normalized spacial score (nSPS) is 29.9. The van der Waals surface area contributed by atoms with Crippen LogP contribution in [0, 0.1) is 11.8 Å². The molecule has 0 aromatic heterocycles. The molecule has 0 saturated carbocycles. The van der Waals surface area contributed by atoms with E-state index < -0.39 is 28.2 Å². The lowest BCUT2D eigenvalue weighted by Crippen LogP contribution is -2.63. The van der Waals surface area contributed by atoms with Gasteiger partial charge in [0, 0.05) is 47.4 Å². The molecule has 2 saturated heterocycles. The van der Waals surface area contributed by atoms with Crippen LogP contribution in [-0.4, -0.2) is 76.8 Å². The number of carboxylic acid groups (broad SMARTS) is 1. The van der Waals surface area contributed by atoms with Gasteiger partial charge in [0.1, 0.15) is 5.70 Å². The number of likely N-dealkylation sites (tertiary alicyclic amines) is 1. The lowest BCUT2D eigenvalue weighted by Gasteiger charge is -2.46. The molecule has 0 unspecified atom stereocenters. The SMILES string of the molecule is C[C@@H](O)[C@H]1C(=O)N2C(C(=O)O)=C(S[C@H]3C[C@@H](CNS(N)(=O)=O)N(Cc4ccccc4N)C3)[C@H](C)[C@H]12. The maximum atomic E-state index is 12.6. The van der Waals surface area contributed by atoms with E-state index in [9.17, 15) is 28.2 Å².